The fourth-order valence-electron chi connectivity index (χ4n) is 1.67. The molecule has 0 saturated heterocycles. The Labute approximate surface area is 133 Å². The van der Waals surface area contributed by atoms with Gasteiger partial charge in [-0.05, 0) is 18.4 Å². The summed E-state index contributed by atoms with van der Waals surface area (Å²) < 4.78 is 4.98. The van der Waals surface area contributed by atoms with E-state index in [1.165, 1.54) is 6.92 Å². The van der Waals surface area contributed by atoms with Gasteiger partial charge in [-0.15, -0.1) is 0 Å². The molecule has 1 amide bonds. The predicted molar refractivity (Wildman–Crippen MR) is 83.6 cm³/mol. The summed E-state index contributed by atoms with van der Waals surface area (Å²) >= 11 is 1.14. The van der Waals surface area contributed by atoms with Crippen LogP contribution >= 0.6 is 11.8 Å². The van der Waals surface area contributed by atoms with Crippen LogP contribution < -0.4 is 5.32 Å². The number of carboxylic acids is 1. The highest BCUT2D eigenvalue weighted by Gasteiger charge is 2.20. The minimum atomic E-state index is -1.12. The quantitative estimate of drug-likeness (QED) is 0.713. The van der Waals surface area contributed by atoms with Crippen LogP contribution in [-0.2, 0) is 20.9 Å². The van der Waals surface area contributed by atoms with Gasteiger partial charge in [-0.3, -0.25) is 4.79 Å². The molecule has 2 N–H and O–H groups in total. The van der Waals surface area contributed by atoms with Crippen molar-refractivity contribution in [2.75, 3.05) is 5.75 Å². The van der Waals surface area contributed by atoms with Crippen molar-refractivity contribution in [1.29, 1.82) is 0 Å². The second kappa shape index (κ2) is 9.83. The van der Waals surface area contributed by atoms with Crippen molar-refractivity contribution < 1.29 is 24.2 Å². The average Bonchev–Trinajstić information content (AvgIpc) is 2.48. The molecule has 0 aromatic heterocycles. The Bertz CT molecular complexity index is 506. The van der Waals surface area contributed by atoms with Gasteiger partial charge in [0.15, 0.2) is 5.12 Å². The zero-order valence-corrected chi connectivity index (χ0v) is 13.1. The van der Waals surface area contributed by atoms with E-state index in [4.69, 9.17) is 9.84 Å². The molecular weight excluding hydrogens is 306 g/mol. The third-order valence-corrected chi connectivity index (χ3v) is 3.64. The maximum Gasteiger partial charge on any atom is 0.408 e. The monoisotopic (exact) mass is 325 g/mol. The number of hydrogen-bond donors (Lipinski definition) is 2. The Kier molecular flexibility index (Phi) is 8.06. The van der Waals surface area contributed by atoms with Gasteiger partial charge in [-0.1, -0.05) is 42.1 Å². The van der Waals surface area contributed by atoms with Gasteiger partial charge in [0.25, 0.3) is 0 Å². The molecule has 1 aromatic rings. The van der Waals surface area contributed by atoms with Gasteiger partial charge in [-0.2, -0.15) is 0 Å². The molecule has 120 valence electrons. The molecule has 0 bridgehead atoms. The van der Waals surface area contributed by atoms with Crippen LogP contribution in [-0.4, -0.2) is 34.1 Å². The van der Waals surface area contributed by atoms with E-state index in [1.54, 1.807) is 12.1 Å². The molecule has 6 nitrogen and oxygen atoms in total. The Hall–Kier alpha value is -2.02. The van der Waals surface area contributed by atoms with E-state index in [0.29, 0.717) is 12.2 Å². The summed E-state index contributed by atoms with van der Waals surface area (Å²) in [6.45, 7) is 1.54. The lowest BCUT2D eigenvalue weighted by Gasteiger charge is -2.14. The van der Waals surface area contributed by atoms with Crippen molar-refractivity contribution in [3.8, 4) is 0 Å². The third kappa shape index (κ3) is 7.68. The highest BCUT2D eigenvalue weighted by Crippen LogP contribution is 2.08. The molecule has 7 heteroatoms. The summed E-state index contributed by atoms with van der Waals surface area (Å²) in [6, 6.07) is 8.09. The smallest absolute Gasteiger partial charge is 0.408 e. The first kappa shape index (κ1) is 18.0. The number of rotatable bonds is 8. The van der Waals surface area contributed by atoms with Crippen molar-refractivity contribution in [2.45, 2.75) is 32.4 Å². The number of carboxylic acid groups (broad SMARTS) is 1. The lowest BCUT2D eigenvalue weighted by atomic mass is 10.2. The molecule has 1 aromatic carbocycles. The van der Waals surface area contributed by atoms with Crippen LogP contribution in [0.1, 0.15) is 25.3 Å². The van der Waals surface area contributed by atoms with Crippen molar-refractivity contribution in [3.05, 3.63) is 35.9 Å². The fourth-order valence-corrected chi connectivity index (χ4v) is 2.27. The molecule has 0 radical (unpaired) electrons. The molecule has 0 heterocycles. The van der Waals surface area contributed by atoms with E-state index in [-0.39, 0.29) is 18.1 Å². The summed E-state index contributed by atoms with van der Waals surface area (Å²) in [4.78, 5) is 33.5. The molecule has 0 saturated carbocycles. The third-order valence-electron chi connectivity index (χ3n) is 2.75. The molecule has 0 aliphatic heterocycles. The van der Waals surface area contributed by atoms with Crippen molar-refractivity contribution in [3.63, 3.8) is 0 Å². The number of hydrogen-bond acceptors (Lipinski definition) is 5. The van der Waals surface area contributed by atoms with Crippen LogP contribution in [0.2, 0.25) is 0 Å². The Morgan fingerprint density at radius 3 is 2.55 bits per heavy atom. The number of amides is 1. The Morgan fingerprint density at radius 2 is 1.95 bits per heavy atom. The van der Waals surface area contributed by atoms with Gasteiger partial charge in [0.2, 0.25) is 0 Å². The molecule has 0 aliphatic carbocycles. The van der Waals surface area contributed by atoms with Gasteiger partial charge in [0.05, 0.1) is 0 Å². The Morgan fingerprint density at radius 1 is 1.27 bits per heavy atom. The van der Waals surface area contributed by atoms with Crippen molar-refractivity contribution >= 4 is 28.9 Å². The number of nitrogens with one attached hydrogen (secondary N) is 1. The summed E-state index contributed by atoms with van der Waals surface area (Å²) in [6.07, 6.45) is -0.00793. The summed E-state index contributed by atoms with van der Waals surface area (Å²) in [5, 5.41) is 11.4. The first-order chi connectivity index (χ1) is 10.5. The maximum atomic E-state index is 11.6. The number of thioether (sulfide) groups is 1. The van der Waals surface area contributed by atoms with Crippen LogP contribution in [0.15, 0.2) is 30.3 Å². The van der Waals surface area contributed by atoms with Gasteiger partial charge < -0.3 is 15.2 Å². The van der Waals surface area contributed by atoms with Gasteiger partial charge in [0, 0.05) is 12.7 Å². The number of ether oxygens (including phenoxy) is 1. The fraction of sp³-hybridized carbons (Fsp3) is 0.400. The van der Waals surface area contributed by atoms with E-state index in [0.717, 1.165) is 17.3 Å². The summed E-state index contributed by atoms with van der Waals surface area (Å²) in [5.41, 5.74) is 0.822. The van der Waals surface area contributed by atoms with Crippen LogP contribution in [0.5, 0.6) is 0 Å². The van der Waals surface area contributed by atoms with E-state index < -0.39 is 18.1 Å². The lowest BCUT2D eigenvalue weighted by molar-refractivity contribution is -0.139. The largest absolute Gasteiger partial charge is 0.480 e. The van der Waals surface area contributed by atoms with Crippen LogP contribution in [0.3, 0.4) is 0 Å². The second-order valence-corrected chi connectivity index (χ2v) is 5.85. The normalized spacial score (nSPS) is 11.5. The van der Waals surface area contributed by atoms with Crippen LogP contribution in [0.4, 0.5) is 4.79 Å². The van der Waals surface area contributed by atoms with Crippen LogP contribution in [0.25, 0.3) is 0 Å². The number of aliphatic carboxylic acids is 1. The SMILES string of the molecule is CC(=O)SCCCC(NC(=O)OCc1ccccc1)C(=O)O. The molecule has 0 spiro atoms. The zero-order valence-electron chi connectivity index (χ0n) is 12.3. The first-order valence-corrected chi connectivity index (χ1v) is 7.81. The highest BCUT2D eigenvalue weighted by atomic mass is 32.2. The molecule has 0 fully saturated rings. The minimum absolute atomic E-state index is 0.0119. The number of carbonyl (C=O) groups is 3. The molecule has 1 rings (SSSR count). The zero-order chi connectivity index (χ0) is 16.4. The van der Waals surface area contributed by atoms with Crippen molar-refractivity contribution in [2.24, 2.45) is 0 Å². The summed E-state index contributed by atoms with van der Waals surface area (Å²) in [5.74, 6) is -0.593. The molecular formula is C15H19NO5S. The number of alkyl carbamates (subject to hydrolysis) is 1. The van der Waals surface area contributed by atoms with E-state index in [9.17, 15) is 14.4 Å². The number of carbonyl (C=O) groups excluding carboxylic acids is 2. The van der Waals surface area contributed by atoms with Crippen molar-refractivity contribution in [1.82, 2.24) is 5.32 Å². The summed E-state index contributed by atoms with van der Waals surface area (Å²) in [7, 11) is 0. The topological polar surface area (TPSA) is 92.7 Å². The highest BCUT2D eigenvalue weighted by molar-refractivity contribution is 8.13. The Balaban J connectivity index is 2.34. The second-order valence-electron chi connectivity index (χ2n) is 4.58. The maximum absolute atomic E-state index is 11.6. The van der Waals surface area contributed by atoms with Gasteiger partial charge >= 0.3 is 12.1 Å². The van der Waals surface area contributed by atoms with Gasteiger partial charge in [-0.25, -0.2) is 9.59 Å². The van der Waals surface area contributed by atoms with Gasteiger partial charge in [0.1, 0.15) is 12.6 Å². The molecule has 22 heavy (non-hydrogen) atoms. The predicted octanol–water partition coefficient (Wildman–Crippen LogP) is 2.43. The first-order valence-electron chi connectivity index (χ1n) is 6.82. The molecule has 1 atom stereocenters. The number of benzene rings is 1. The molecule has 0 aliphatic rings. The van der Waals surface area contributed by atoms with Crippen LogP contribution in [0, 0.1) is 0 Å². The molecule has 1 unspecified atom stereocenters. The van der Waals surface area contributed by atoms with E-state index in [2.05, 4.69) is 5.32 Å². The minimum Gasteiger partial charge on any atom is -0.480 e. The average molecular weight is 325 g/mol. The standard InChI is InChI=1S/C15H19NO5S/c1-11(17)22-9-5-8-13(14(18)19)16-15(20)21-10-12-6-3-2-4-7-12/h2-4,6-7,13H,5,8-10H2,1H3,(H,16,20)(H,18,19). The van der Waals surface area contributed by atoms with E-state index >= 15 is 0 Å². The van der Waals surface area contributed by atoms with E-state index in [1.807, 2.05) is 18.2 Å². The lowest BCUT2D eigenvalue weighted by Crippen LogP contribution is -2.41.